The van der Waals surface area contributed by atoms with E-state index in [4.69, 9.17) is 10.2 Å². The fourth-order valence-electron chi connectivity index (χ4n) is 2.15. The third kappa shape index (κ3) is 2.84. The van der Waals surface area contributed by atoms with Crippen molar-refractivity contribution in [2.24, 2.45) is 17.8 Å². The van der Waals surface area contributed by atoms with Crippen LogP contribution in [-0.2, 0) is 4.79 Å². The van der Waals surface area contributed by atoms with Crippen LogP contribution in [0.5, 0.6) is 0 Å². The summed E-state index contributed by atoms with van der Waals surface area (Å²) in [5.41, 5.74) is 0. The number of hydrogen-bond donors (Lipinski definition) is 2. The Hall–Kier alpha value is -1.26. The van der Waals surface area contributed by atoms with E-state index in [1.54, 1.807) is 0 Å². The van der Waals surface area contributed by atoms with Crippen molar-refractivity contribution in [1.29, 1.82) is 0 Å². The molecule has 0 aromatic heterocycles. The van der Waals surface area contributed by atoms with Gasteiger partial charge in [-0.15, -0.1) is 0 Å². The minimum absolute atomic E-state index is 0.0430. The summed E-state index contributed by atoms with van der Waals surface area (Å²) in [6.07, 6.45) is -0.256. The number of nitrogens with zero attached hydrogens (tertiary/aromatic N) is 1. The van der Waals surface area contributed by atoms with E-state index in [0.29, 0.717) is 12.5 Å². The lowest BCUT2D eigenvalue weighted by molar-refractivity contribution is -0.142. The van der Waals surface area contributed by atoms with Gasteiger partial charge in [0.05, 0.1) is 5.92 Å². The number of amides is 1. The van der Waals surface area contributed by atoms with Crippen molar-refractivity contribution in [2.75, 3.05) is 13.1 Å². The van der Waals surface area contributed by atoms with Crippen LogP contribution < -0.4 is 0 Å². The quantitative estimate of drug-likeness (QED) is 0.744. The number of likely N-dealkylation sites (tertiary alicyclic amines) is 1. The standard InChI is InChI=1S/C10H17NO4/c1-6(2)3-7-4-11(10(14)15)5-8(7)9(12)13/h6-8H,3-5H2,1-2H3,(H,12,13)(H,14,15)/t7-,8-/m1/s1. The number of rotatable bonds is 3. The number of carboxylic acid groups (broad SMARTS) is 2. The molecule has 0 aromatic rings. The van der Waals surface area contributed by atoms with Gasteiger partial charge in [-0.05, 0) is 18.3 Å². The summed E-state index contributed by atoms with van der Waals surface area (Å²) in [6, 6.07) is 0. The molecule has 15 heavy (non-hydrogen) atoms. The highest BCUT2D eigenvalue weighted by Gasteiger charge is 2.39. The van der Waals surface area contributed by atoms with E-state index in [1.807, 2.05) is 13.8 Å². The molecule has 1 aliphatic rings. The lowest BCUT2D eigenvalue weighted by atomic mass is 9.88. The van der Waals surface area contributed by atoms with Gasteiger partial charge in [0, 0.05) is 13.1 Å². The Labute approximate surface area is 88.7 Å². The number of carbonyl (C=O) groups is 2. The van der Waals surface area contributed by atoms with Gasteiger partial charge in [0.2, 0.25) is 0 Å². The van der Waals surface area contributed by atoms with Gasteiger partial charge in [-0.1, -0.05) is 13.8 Å². The molecule has 0 radical (unpaired) electrons. The van der Waals surface area contributed by atoms with Crippen LogP contribution in [0.25, 0.3) is 0 Å². The van der Waals surface area contributed by atoms with Crippen LogP contribution in [0.4, 0.5) is 4.79 Å². The van der Waals surface area contributed by atoms with Gasteiger partial charge >= 0.3 is 12.1 Å². The zero-order chi connectivity index (χ0) is 11.6. The summed E-state index contributed by atoms with van der Waals surface area (Å²) >= 11 is 0. The summed E-state index contributed by atoms with van der Waals surface area (Å²) < 4.78 is 0. The minimum Gasteiger partial charge on any atom is -0.481 e. The van der Waals surface area contributed by atoms with Crippen molar-refractivity contribution in [2.45, 2.75) is 20.3 Å². The molecule has 0 aliphatic carbocycles. The van der Waals surface area contributed by atoms with Crippen molar-refractivity contribution in [3.8, 4) is 0 Å². The summed E-state index contributed by atoms with van der Waals surface area (Å²) in [5, 5.41) is 17.8. The Morgan fingerprint density at radius 3 is 2.33 bits per heavy atom. The predicted octanol–water partition coefficient (Wildman–Crippen LogP) is 1.34. The van der Waals surface area contributed by atoms with Gasteiger partial charge in [0.15, 0.2) is 0 Å². The maximum atomic E-state index is 10.9. The highest BCUT2D eigenvalue weighted by atomic mass is 16.4. The molecule has 1 fully saturated rings. The maximum absolute atomic E-state index is 10.9. The van der Waals surface area contributed by atoms with Crippen LogP contribution in [-0.4, -0.2) is 40.3 Å². The van der Waals surface area contributed by atoms with Crippen LogP contribution in [0.15, 0.2) is 0 Å². The van der Waals surface area contributed by atoms with Crippen LogP contribution in [0.2, 0.25) is 0 Å². The number of hydrogen-bond acceptors (Lipinski definition) is 2. The summed E-state index contributed by atoms with van der Waals surface area (Å²) in [6.45, 7) is 4.51. The van der Waals surface area contributed by atoms with Crippen molar-refractivity contribution >= 4 is 12.1 Å². The molecule has 86 valence electrons. The second kappa shape index (κ2) is 4.51. The first-order chi connectivity index (χ1) is 6.91. The van der Waals surface area contributed by atoms with E-state index in [1.165, 1.54) is 4.90 Å². The van der Waals surface area contributed by atoms with Crippen molar-refractivity contribution in [3.63, 3.8) is 0 Å². The number of aliphatic carboxylic acids is 1. The van der Waals surface area contributed by atoms with E-state index in [9.17, 15) is 9.59 Å². The maximum Gasteiger partial charge on any atom is 0.407 e. The Morgan fingerprint density at radius 2 is 1.93 bits per heavy atom. The van der Waals surface area contributed by atoms with Crippen LogP contribution in [0, 0.1) is 17.8 Å². The lowest BCUT2D eigenvalue weighted by Gasteiger charge is -2.16. The Kier molecular flexibility index (Phi) is 3.55. The summed E-state index contributed by atoms with van der Waals surface area (Å²) in [5.74, 6) is -1.07. The monoisotopic (exact) mass is 215 g/mol. The van der Waals surface area contributed by atoms with Crippen LogP contribution >= 0.6 is 0 Å². The third-order valence-corrected chi connectivity index (χ3v) is 2.80. The highest BCUT2D eigenvalue weighted by molar-refractivity contribution is 5.73. The molecule has 1 amide bonds. The zero-order valence-electron chi connectivity index (χ0n) is 9.01. The van der Waals surface area contributed by atoms with Crippen LogP contribution in [0.3, 0.4) is 0 Å². The molecule has 0 bridgehead atoms. The number of carboxylic acids is 1. The average Bonchev–Trinajstić information content (AvgIpc) is 2.46. The molecule has 1 rings (SSSR count). The molecule has 0 aromatic carbocycles. The van der Waals surface area contributed by atoms with E-state index in [-0.39, 0.29) is 12.5 Å². The molecular formula is C10H17NO4. The SMILES string of the molecule is CC(C)C[C@@H]1CN(C(=O)O)C[C@H]1C(=O)O. The second-order valence-corrected chi connectivity index (χ2v) is 4.52. The van der Waals surface area contributed by atoms with E-state index in [2.05, 4.69) is 0 Å². The Morgan fingerprint density at radius 1 is 1.33 bits per heavy atom. The second-order valence-electron chi connectivity index (χ2n) is 4.52. The lowest BCUT2D eigenvalue weighted by Crippen LogP contribution is -2.28. The van der Waals surface area contributed by atoms with Crippen molar-refractivity contribution in [3.05, 3.63) is 0 Å². The van der Waals surface area contributed by atoms with Crippen molar-refractivity contribution < 1.29 is 19.8 Å². The molecule has 1 heterocycles. The first kappa shape index (κ1) is 11.8. The molecule has 0 unspecified atom stereocenters. The topological polar surface area (TPSA) is 77.8 Å². The third-order valence-electron chi connectivity index (χ3n) is 2.80. The van der Waals surface area contributed by atoms with E-state index < -0.39 is 18.0 Å². The molecule has 1 aliphatic heterocycles. The summed E-state index contributed by atoms with van der Waals surface area (Å²) in [4.78, 5) is 22.9. The largest absolute Gasteiger partial charge is 0.481 e. The van der Waals surface area contributed by atoms with Crippen LogP contribution in [0.1, 0.15) is 20.3 Å². The van der Waals surface area contributed by atoms with Gasteiger partial charge < -0.3 is 15.1 Å². The van der Waals surface area contributed by atoms with E-state index >= 15 is 0 Å². The molecule has 5 nitrogen and oxygen atoms in total. The molecular weight excluding hydrogens is 198 g/mol. The fraction of sp³-hybridized carbons (Fsp3) is 0.800. The van der Waals surface area contributed by atoms with Crippen molar-refractivity contribution in [1.82, 2.24) is 4.90 Å². The average molecular weight is 215 g/mol. The molecule has 5 heteroatoms. The highest BCUT2D eigenvalue weighted by Crippen LogP contribution is 2.29. The summed E-state index contributed by atoms with van der Waals surface area (Å²) in [7, 11) is 0. The molecule has 0 spiro atoms. The fourth-order valence-corrected chi connectivity index (χ4v) is 2.15. The van der Waals surface area contributed by atoms with Gasteiger partial charge in [0.25, 0.3) is 0 Å². The van der Waals surface area contributed by atoms with Gasteiger partial charge in [-0.2, -0.15) is 0 Å². The first-order valence-corrected chi connectivity index (χ1v) is 5.12. The van der Waals surface area contributed by atoms with Gasteiger partial charge in [-0.25, -0.2) is 4.79 Å². The Balaban J connectivity index is 2.67. The normalized spacial score (nSPS) is 25.9. The predicted molar refractivity (Wildman–Crippen MR) is 53.7 cm³/mol. The molecule has 2 atom stereocenters. The molecule has 0 saturated carbocycles. The smallest absolute Gasteiger partial charge is 0.407 e. The van der Waals surface area contributed by atoms with Gasteiger partial charge in [-0.3, -0.25) is 4.79 Å². The minimum atomic E-state index is -1.02. The van der Waals surface area contributed by atoms with Gasteiger partial charge in [0.1, 0.15) is 0 Å². The molecule has 1 saturated heterocycles. The Bertz CT molecular complexity index is 264. The first-order valence-electron chi connectivity index (χ1n) is 5.12. The van der Waals surface area contributed by atoms with E-state index in [0.717, 1.165) is 6.42 Å². The zero-order valence-corrected chi connectivity index (χ0v) is 9.01. The molecule has 2 N–H and O–H groups in total.